The highest BCUT2D eigenvalue weighted by Gasteiger charge is 2.17. The quantitative estimate of drug-likeness (QED) is 0.665. The minimum absolute atomic E-state index is 0.0888. The maximum atomic E-state index is 13.0. The number of rotatable bonds is 5. The Bertz CT molecular complexity index is 1180. The van der Waals surface area contributed by atoms with Gasteiger partial charge >= 0.3 is 0 Å². The van der Waals surface area contributed by atoms with Gasteiger partial charge in [0.25, 0.3) is 15.9 Å². The van der Waals surface area contributed by atoms with Crippen LogP contribution in [-0.4, -0.2) is 21.1 Å². The maximum absolute atomic E-state index is 13.0. The van der Waals surface area contributed by atoms with Gasteiger partial charge in [0, 0.05) is 23.0 Å². The zero-order valence-electron chi connectivity index (χ0n) is 14.9. The molecule has 0 saturated carbocycles. The predicted molar refractivity (Wildman–Crippen MR) is 104 cm³/mol. The topological polar surface area (TPSA) is 93.7 Å². The molecular formula is C20H15FN2O5S. The Morgan fingerprint density at radius 2 is 1.66 bits per heavy atom. The van der Waals surface area contributed by atoms with Crippen LogP contribution in [0.3, 0.4) is 0 Å². The third-order valence-corrected chi connectivity index (χ3v) is 5.53. The molecule has 0 bridgehead atoms. The second-order valence-corrected chi connectivity index (χ2v) is 7.84. The molecule has 3 aromatic rings. The van der Waals surface area contributed by atoms with E-state index >= 15 is 0 Å². The van der Waals surface area contributed by atoms with Crippen molar-refractivity contribution in [2.75, 3.05) is 16.8 Å². The monoisotopic (exact) mass is 414 g/mol. The van der Waals surface area contributed by atoms with Crippen LogP contribution >= 0.6 is 0 Å². The van der Waals surface area contributed by atoms with Gasteiger partial charge in [-0.25, -0.2) is 12.8 Å². The molecule has 9 heteroatoms. The van der Waals surface area contributed by atoms with Crippen LogP contribution in [0.5, 0.6) is 11.5 Å². The summed E-state index contributed by atoms with van der Waals surface area (Å²) in [7, 11) is -3.92. The summed E-state index contributed by atoms with van der Waals surface area (Å²) in [6, 6.07) is 15.5. The summed E-state index contributed by atoms with van der Waals surface area (Å²) in [5.74, 6) is 0.168. The number of hydrogen-bond donors (Lipinski definition) is 2. The third kappa shape index (κ3) is 4.14. The minimum atomic E-state index is -3.92. The molecule has 3 aromatic carbocycles. The summed E-state index contributed by atoms with van der Waals surface area (Å²) >= 11 is 0. The van der Waals surface area contributed by atoms with Crippen LogP contribution < -0.4 is 19.5 Å². The number of ether oxygens (including phenoxy) is 2. The Kier molecular flexibility index (Phi) is 4.81. The number of hydrogen-bond acceptors (Lipinski definition) is 5. The molecule has 29 heavy (non-hydrogen) atoms. The highest BCUT2D eigenvalue weighted by atomic mass is 32.2. The van der Waals surface area contributed by atoms with Gasteiger partial charge in [-0.1, -0.05) is 6.07 Å². The van der Waals surface area contributed by atoms with E-state index in [4.69, 9.17) is 9.47 Å². The second-order valence-electron chi connectivity index (χ2n) is 6.16. The van der Waals surface area contributed by atoms with Gasteiger partial charge in [-0.3, -0.25) is 9.52 Å². The molecule has 0 fully saturated rings. The molecule has 0 unspecified atom stereocenters. The van der Waals surface area contributed by atoms with Gasteiger partial charge in [0.05, 0.1) is 4.90 Å². The summed E-state index contributed by atoms with van der Waals surface area (Å²) < 4.78 is 50.8. The van der Waals surface area contributed by atoms with E-state index in [0.717, 1.165) is 24.3 Å². The van der Waals surface area contributed by atoms with E-state index < -0.39 is 21.7 Å². The van der Waals surface area contributed by atoms with Crippen LogP contribution in [0.1, 0.15) is 10.4 Å². The zero-order chi connectivity index (χ0) is 20.4. The van der Waals surface area contributed by atoms with Crippen LogP contribution in [0.25, 0.3) is 0 Å². The van der Waals surface area contributed by atoms with Crippen molar-refractivity contribution in [2.24, 2.45) is 0 Å². The Morgan fingerprint density at radius 3 is 2.45 bits per heavy atom. The molecule has 0 spiro atoms. The molecule has 0 aromatic heterocycles. The first-order valence-electron chi connectivity index (χ1n) is 8.50. The summed E-state index contributed by atoms with van der Waals surface area (Å²) in [5.41, 5.74) is 0.964. The van der Waals surface area contributed by atoms with Crippen molar-refractivity contribution in [1.29, 1.82) is 0 Å². The van der Waals surface area contributed by atoms with E-state index in [1.54, 1.807) is 30.3 Å². The number of sulfonamides is 1. The van der Waals surface area contributed by atoms with Crippen molar-refractivity contribution in [3.63, 3.8) is 0 Å². The highest BCUT2D eigenvalue weighted by molar-refractivity contribution is 7.92. The summed E-state index contributed by atoms with van der Waals surface area (Å²) in [5, 5.41) is 2.72. The molecule has 148 valence electrons. The lowest BCUT2D eigenvalue weighted by Crippen LogP contribution is -2.15. The minimum Gasteiger partial charge on any atom is -0.454 e. The van der Waals surface area contributed by atoms with Crippen LogP contribution in [0, 0.1) is 5.82 Å². The normalized spacial score (nSPS) is 12.4. The largest absolute Gasteiger partial charge is 0.454 e. The number of halogens is 1. The molecule has 0 saturated heterocycles. The molecule has 1 aliphatic heterocycles. The first kappa shape index (κ1) is 18.8. The van der Waals surface area contributed by atoms with Gasteiger partial charge in [-0.05, 0) is 54.6 Å². The van der Waals surface area contributed by atoms with Gasteiger partial charge in [0.2, 0.25) is 6.79 Å². The molecular weight excluding hydrogens is 399 g/mol. The number of nitrogens with one attached hydrogen (secondary N) is 2. The van der Waals surface area contributed by atoms with Gasteiger partial charge in [-0.15, -0.1) is 0 Å². The van der Waals surface area contributed by atoms with Gasteiger partial charge in [0.15, 0.2) is 11.5 Å². The van der Waals surface area contributed by atoms with Crippen molar-refractivity contribution in [3.8, 4) is 11.5 Å². The molecule has 4 rings (SSSR count). The molecule has 1 amide bonds. The Morgan fingerprint density at radius 1 is 0.897 bits per heavy atom. The van der Waals surface area contributed by atoms with Crippen LogP contribution in [0.15, 0.2) is 71.6 Å². The standard InChI is InChI=1S/C20H15FN2O5S/c21-14-4-7-17(8-5-14)29(25,26)23-16-3-1-2-13(10-16)20(24)22-15-6-9-18-19(11-15)28-12-27-18/h1-11,23H,12H2,(H,22,24). The number of carbonyl (C=O) groups is 1. The number of fused-ring (bicyclic) bond motifs is 1. The summed E-state index contributed by atoms with van der Waals surface area (Å²) in [6.45, 7) is 0.128. The zero-order valence-corrected chi connectivity index (χ0v) is 15.7. The van der Waals surface area contributed by atoms with E-state index in [1.807, 2.05) is 0 Å². The average molecular weight is 414 g/mol. The van der Waals surface area contributed by atoms with Crippen molar-refractivity contribution >= 4 is 27.3 Å². The van der Waals surface area contributed by atoms with E-state index in [1.165, 1.54) is 12.1 Å². The van der Waals surface area contributed by atoms with Gasteiger partial charge in [-0.2, -0.15) is 0 Å². The number of benzene rings is 3. The molecule has 0 radical (unpaired) electrons. The second kappa shape index (κ2) is 7.44. The first-order valence-corrected chi connectivity index (χ1v) is 9.98. The fraction of sp³-hybridized carbons (Fsp3) is 0.0500. The van der Waals surface area contributed by atoms with E-state index in [0.29, 0.717) is 17.2 Å². The number of carbonyl (C=O) groups excluding carboxylic acids is 1. The molecule has 7 nitrogen and oxygen atoms in total. The molecule has 1 aliphatic rings. The fourth-order valence-corrected chi connectivity index (χ4v) is 3.78. The first-order chi connectivity index (χ1) is 13.9. The van der Waals surface area contributed by atoms with E-state index in [2.05, 4.69) is 10.0 Å². The number of amides is 1. The summed E-state index contributed by atoms with van der Waals surface area (Å²) in [6.07, 6.45) is 0. The molecule has 2 N–H and O–H groups in total. The Hall–Kier alpha value is -3.59. The van der Waals surface area contributed by atoms with Crippen molar-refractivity contribution in [2.45, 2.75) is 4.90 Å². The summed E-state index contributed by atoms with van der Waals surface area (Å²) in [4.78, 5) is 12.4. The molecule has 1 heterocycles. The van der Waals surface area contributed by atoms with Crippen LogP contribution in [0.2, 0.25) is 0 Å². The van der Waals surface area contributed by atoms with Crippen molar-refractivity contribution < 1.29 is 27.1 Å². The SMILES string of the molecule is O=C(Nc1ccc2c(c1)OCO2)c1cccc(NS(=O)(=O)c2ccc(F)cc2)c1. The smallest absolute Gasteiger partial charge is 0.261 e. The third-order valence-electron chi connectivity index (χ3n) is 4.13. The highest BCUT2D eigenvalue weighted by Crippen LogP contribution is 2.34. The average Bonchev–Trinajstić information content (AvgIpc) is 3.16. The fourth-order valence-electron chi connectivity index (χ4n) is 2.73. The van der Waals surface area contributed by atoms with E-state index in [9.17, 15) is 17.6 Å². The van der Waals surface area contributed by atoms with Crippen molar-refractivity contribution in [1.82, 2.24) is 0 Å². The van der Waals surface area contributed by atoms with E-state index in [-0.39, 0.29) is 22.9 Å². The lowest BCUT2D eigenvalue weighted by atomic mass is 10.2. The predicted octanol–water partition coefficient (Wildman–Crippen LogP) is 3.61. The Labute approximate surface area is 166 Å². The molecule has 0 atom stereocenters. The van der Waals surface area contributed by atoms with Gasteiger partial charge < -0.3 is 14.8 Å². The lowest BCUT2D eigenvalue weighted by molar-refractivity contribution is 0.102. The Balaban J connectivity index is 1.51. The molecule has 0 aliphatic carbocycles. The van der Waals surface area contributed by atoms with Crippen LogP contribution in [-0.2, 0) is 10.0 Å². The maximum Gasteiger partial charge on any atom is 0.261 e. The lowest BCUT2D eigenvalue weighted by Gasteiger charge is -2.10. The van der Waals surface area contributed by atoms with Crippen LogP contribution in [0.4, 0.5) is 15.8 Å². The van der Waals surface area contributed by atoms with Crippen molar-refractivity contribution in [3.05, 3.63) is 78.1 Å². The number of anilines is 2. The van der Waals surface area contributed by atoms with Gasteiger partial charge in [0.1, 0.15) is 5.82 Å².